The Bertz CT molecular complexity index is 550. The van der Waals surface area contributed by atoms with Crippen LogP contribution in [0.1, 0.15) is 79.6 Å². The Balaban J connectivity index is 0.000000186. The fraction of sp³-hybridized carbons (Fsp3) is 0.739. The summed E-state index contributed by atoms with van der Waals surface area (Å²) >= 11 is 0. The van der Waals surface area contributed by atoms with Crippen LogP contribution in [0.2, 0.25) is 0 Å². The van der Waals surface area contributed by atoms with E-state index < -0.39 is 0 Å². The molecule has 0 aliphatic heterocycles. The van der Waals surface area contributed by atoms with Gasteiger partial charge >= 0.3 is 0 Å². The highest BCUT2D eigenvalue weighted by Crippen LogP contribution is 2.47. The number of carbonyl (C=O) groups is 2. The lowest BCUT2D eigenvalue weighted by atomic mass is 9.66. The van der Waals surface area contributed by atoms with Gasteiger partial charge in [-0.1, -0.05) is 50.5 Å². The van der Waals surface area contributed by atoms with Crippen molar-refractivity contribution < 1.29 is 9.59 Å². The van der Waals surface area contributed by atoms with Gasteiger partial charge in [0, 0.05) is 11.8 Å². The summed E-state index contributed by atoms with van der Waals surface area (Å²) in [5.41, 5.74) is 5.11. The average molecular weight is 345 g/mol. The van der Waals surface area contributed by atoms with Gasteiger partial charge in [-0.2, -0.15) is 0 Å². The molecule has 0 bridgehead atoms. The van der Waals surface area contributed by atoms with Crippen molar-refractivity contribution in [1.82, 2.24) is 0 Å². The van der Waals surface area contributed by atoms with E-state index in [1.54, 1.807) is 11.1 Å². The van der Waals surface area contributed by atoms with Crippen LogP contribution in [0.4, 0.5) is 0 Å². The molecular weight excluding hydrogens is 308 g/mol. The summed E-state index contributed by atoms with van der Waals surface area (Å²) < 4.78 is 0. The third-order valence-corrected chi connectivity index (χ3v) is 7.07. The van der Waals surface area contributed by atoms with Gasteiger partial charge in [0.1, 0.15) is 12.6 Å². The van der Waals surface area contributed by atoms with Gasteiger partial charge in [0.05, 0.1) is 0 Å². The molecule has 0 fully saturated rings. The molecule has 0 aromatic carbocycles. The highest BCUT2D eigenvalue weighted by atomic mass is 16.1. The van der Waals surface area contributed by atoms with Crippen LogP contribution >= 0.6 is 0 Å². The fourth-order valence-electron chi connectivity index (χ4n) is 4.75. The molecule has 0 saturated carbocycles. The maximum Gasteiger partial charge on any atom is 0.123 e. The Labute approximate surface area is 154 Å². The van der Waals surface area contributed by atoms with Crippen LogP contribution in [0.15, 0.2) is 22.8 Å². The molecule has 0 amide bonds. The fourth-order valence-corrected chi connectivity index (χ4v) is 4.75. The SMILES string of the molecule is CC1(C)CCCC2=C1CC(C=O)CC2.CC1=CCC(C=O)C(C)C1C. The number of hydrogen-bond donors (Lipinski definition) is 0. The number of hydrogen-bond acceptors (Lipinski definition) is 2. The zero-order chi connectivity index (χ0) is 18.6. The van der Waals surface area contributed by atoms with Crippen molar-refractivity contribution in [3.63, 3.8) is 0 Å². The summed E-state index contributed by atoms with van der Waals surface area (Å²) in [5.74, 6) is 1.68. The van der Waals surface area contributed by atoms with Gasteiger partial charge in [-0.15, -0.1) is 0 Å². The van der Waals surface area contributed by atoms with Crippen molar-refractivity contribution in [3.05, 3.63) is 22.8 Å². The van der Waals surface area contributed by atoms with Crippen molar-refractivity contribution in [3.8, 4) is 0 Å². The minimum atomic E-state index is 0.258. The molecule has 3 aliphatic rings. The Morgan fingerprint density at radius 2 is 1.84 bits per heavy atom. The molecule has 4 unspecified atom stereocenters. The van der Waals surface area contributed by atoms with Gasteiger partial charge in [-0.25, -0.2) is 0 Å². The van der Waals surface area contributed by atoms with Crippen LogP contribution in [0, 0.1) is 29.1 Å². The lowest BCUT2D eigenvalue weighted by Gasteiger charge is -2.39. The third-order valence-electron chi connectivity index (χ3n) is 7.07. The summed E-state index contributed by atoms with van der Waals surface area (Å²) in [6, 6.07) is 0. The summed E-state index contributed by atoms with van der Waals surface area (Å²) in [5, 5.41) is 0. The largest absolute Gasteiger partial charge is 0.303 e. The molecule has 140 valence electrons. The average Bonchev–Trinajstić information content (AvgIpc) is 2.60. The van der Waals surface area contributed by atoms with E-state index in [0.29, 0.717) is 23.2 Å². The van der Waals surface area contributed by atoms with Crippen LogP contribution in [-0.2, 0) is 9.59 Å². The van der Waals surface area contributed by atoms with Crippen LogP contribution in [-0.4, -0.2) is 12.6 Å². The second-order valence-corrected chi connectivity index (χ2v) is 9.09. The molecule has 0 aromatic rings. The highest BCUT2D eigenvalue weighted by molar-refractivity contribution is 5.56. The number of carbonyl (C=O) groups excluding carboxylic acids is 2. The Morgan fingerprint density at radius 3 is 2.48 bits per heavy atom. The van der Waals surface area contributed by atoms with E-state index in [-0.39, 0.29) is 5.92 Å². The molecule has 0 spiro atoms. The second kappa shape index (κ2) is 8.47. The molecule has 4 atom stereocenters. The van der Waals surface area contributed by atoms with Crippen LogP contribution in [0.25, 0.3) is 0 Å². The maximum absolute atomic E-state index is 10.8. The predicted octanol–water partition coefficient (Wildman–Crippen LogP) is 5.92. The zero-order valence-electron chi connectivity index (χ0n) is 16.8. The van der Waals surface area contributed by atoms with E-state index in [4.69, 9.17) is 0 Å². The van der Waals surface area contributed by atoms with Gasteiger partial charge in [0.2, 0.25) is 0 Å². The molecule has 3 aliphatic carbocycles. The van der Waals surface area contributed by atoms with Gasteiger partial charge in [-0.05, 0) is 69.1 Å². The van der Waals surface area contributed by atoms with Crippen molar-refractivity contribution in [1.29, 1.82) is 0 Å². The number of allylic oxidation sites excluding steroid dienone is 4. The van der Waals surface area contributed by atoms with E-state index in [1.807, 2.05) is 0 Å². The summed E-state index contributed by atoms with van der Waals surface area (Å²) in [6.45, 7) is 11.2. The molecule has 2 heteroatoms. The smallest absolute Gasteiger partial charge is 0.123 e. The molecular formula is C23H36O2. The van der Waals surface area contributed by atoms with Gasteiger partial charge < -0.3 is 9.59 Å². The minimum absolute atomic E-state index is 0.258. The van der Waals surface area contributed by atoms with E-state index in [1.165, 1.54) is 31.3 Å². The third kappa shape index (κ3) is 4.71. The van der Waals surface area contributed by atoms with Gasteiger partial charge in [-0.3, -0.25) is 0 Å². The molecule has 0 radical (unpaired) electrons. The first kappa shape index (κ1) is 20.1. The molecule has 2 nitrogen and oxygen atoms in total. The van der Waals surface area contributed by atoms with Gasteiger partial charge in [0.25, 0.3) is 0 Å². The monoisotopic (exact) mass is 344 g/mol. The standard InChI is InChI=1S/C13H20O.C10H16O/c1-13(2)7-3-4-11-6-5-10(9-14)8-12(11)13;1-7-4-5-10(6-11)9(3)8(7)2/h9-10H,3-8H2,1-2H3;4,6,8-10H,5H2,1-3H3. The van der Waals surface area contributed by atoms with Crippen molar-refractivity contribution in [2.75, 3.05) is 0 Å². The van der Waals surface area contributed by atoms with Crippen LogP contribution in [0.3, 0.4) is 0 Å². The van der Waals surface area contributed by atoms with Crippen LogP contribution < -0.4 is 0 Å². The maximum atomic E-state index is 10.8. The number of rotatable bonds is 2. The first-order valence-corrected chi connectivity index (χ1v) is 10.1. The first-order valence-electron chi connectivity index (χ1n) is 10.1. The van der Waals surface area contributed by atoms with Crippen molar-refractivity contribution in [2.45, 2.75) is 79.6 Å². The molecule has 0 aromatic heterocycles. The molecule has 0 saturated heterocycles. The number of aldehydes is 2. The lowest BCUT2D eigenvalue weighted by Crippen LogP contribution is -2.26. The molecule has 25 heavy (non-hydrogen) atoms. The molecule has 3 rings (SSSR count). The topological polar surface area (TPSA) is 34.1 Å². The second-order valence-electron chi connectivity index (χ2n) is 9.09. The normalized spacial score (nSPS) is 34.2. The van der Waals surface area contributed by atoms with Crippen molar-refractivity contribution in [2.24, 2.45) is 29.1 Å². The van der Waals surface area contributed by atoms with Gasteiger partial charge in [0.15, 0.2) is 0 Å². The Kier molecular flexibility index (Phi) is 6.82. The van der Waals surface area contributed by atoms with Crippen LogP contribution in [0.5, 0.6) is 0 Å². The first-order chi connectivity index (χ1) is 11.8. The summed E-state index contributed by atoms with van der Waals surface area (Å²) in [4.78, 5) is 21.4. The van der Waals surface area contributed by atoms with E-state index in [2.05, 4.69) is 40.7 Å². The summed E-state index contributed by atoms with van der Waals surface area (Å²) in [6.07, 6.45) is 12.7. The van der Waals surface area contributed by atoms with E-state index >= 15 is 0 Å². The van der Waals surface area contributed by atoms with Crippen molar-refractivity contribution >= 4 is 12.6 Å². The lowest BCUT2D eigenvalue weighted by molar-refractivity contribution is -0.113. The zero-order valence-corrected chi connectivity index (χ0v) is 16.8. The minimum Gasteiger partial charge on any atom is -0.303 e. The Morgan fingerprint density at radius 1 is 1.12 bits per heavy atom. The van der Waals surface area contributed by atoms with E-state index in [0.717, 1.165) is 31.8 Å². The molecule has 0 heterocycles. The molecule has 0 N–H and O–H groups in total. The highest BCUT2D eigenvalue weighted by Gasteiger charge is 2.33. The van der Waals surface area contributed by atoms with E-state index in [9.17, 15) is 9.59 Å². The predicted molar refractivity (Wildman–Crippen MR) is 104 cm³/mol. The Hall–Kier alpha value is -1.18. The summed E-state index contributed by atoms with van der Waals surface area (Å²) in [7, 11) is 0. The quantitative estimate of drug-likeness (QED) is 0.460.